The first-order valence-electron chi connectivity index (χ1n) is 6.28. The van der Waals surface area contributed by atoms with Crippen LogP contribution in [-0.4, -0.2) is 10.9 Å². The highest BCUT2D eigenvalue weighted by molar-refractivity contribution is 5.92. The van der Waals surface area contributed by atoms with Crippen LogP contribution in [0.5, 0.6) is 0 Å². The first-order chi connectivity index (χ1) is 8.28. The zero-order chi connectivity index (χ0) is 13.8. The predicted molar refractivity (Wildman–Crippen MR) is 75.1 cm³/mol. The summed E-state index contributed by atoms with van der Waals surface area (Å²) in [6, 6.07) is 3.47. The van der Waals surface area contributed by atoms with Crippen LogP contribution in [0.2, 0.25) is 0 Å². The van der Waals surface area contributed by atoms with Crippen LogP contribution in [0.3, 0.4) is 0 Å². The van der Waals surface area contributed by atoms with Gasteiger partial charge in [-0.25, -0.2) is 4.98 Å². The molecule has 3 N–H and O–H groups in total. The third-order valence-electron chi connectivity index (χ3n) is 2.59. The third kappa shape index (κ3) is 5.17. The Labute approximate surface area is 109 Å². The van der Waals surface area contributed by atoms with Gasteiger partial charge in [-0.3, -0.25) is 4.79 Å². The van der Waals surface area contributed by atoms with E-state index in [0.29, 0.717) is 23.8 Å². The van der Waals surface area contributed by atoms with Crippen molar-refractivity contribution >= 4 is 17.4 Å². The highest BCUT2D eigenvalue weighted by Crippen LogP contribution is 2.26. The molecule has 0 saturated carbocycles. The monoisotopic (exact) mass is 249 g/mol. The van der Waals surface area contributed by atoms with E-state index >= 15 is 0 Å². The van der Waals surface area contributed by atoms with Crippen molar-refractivity contribution in [2.24, 2.45) is 11.3 Å². The van der Waals surface area contributed by atoms with Crippen molar-refractivity contribution in [3.8, 4) is 0 Å². The number of aromatic nitrogens is 1. The first-order valence-corrected chi connectivity index (χ1v) is 6.28. The molecule has 4 heteroatoms. The van der Waals surface area contributed by atoms with E-state index in [1.807, 2.05) is 0 Å². The van der Waals surface area contributed by atoms with Crippen LogP contribution in [0, 0.1) is 11.3 Å². The first kappa shape index (κ1) is 14.5. The van der Waals surface area contributed by atoms with Crippen LogP contribution in [0.15, 0.2) is 18.3 Å². The van der Waals surface area contributed by atoms with Gasteiger partial charge >= 0.3 is 0 Å². The molecule has 0 radical (unpaired) electrons. The average molecular weight is 249 g/mol. The number of nitrogen functional groups attached to an aromatic ring is 1. The van der Waals surface area contributed by atoms with Crippen molar-refractivity contribution in [3.05, 3.63) is 18.3 Å². The van der Waals surface area contributed by atoms with E-state index in [1.165, 1.54) is 0 Å². The molecule has 1 aromatic heterocycles. The molecular weight excluding hydrogens is 226 g/mol. The molecule has 0 aliphatic rings. The molecule has 1 aromatic rings. The molecule has 1 atom stereocenters. The van der Waals surface area contributed by atoms with E-state index in [2.05, 4.69) is 38.0 Å². The fourth-order valence-electron chi connectivity index (χ4n) is 2.14. The number of anilines is 2. The number of carbonyl (C=O) groups is 1. The Kier molecular flexibility index (Phi) is 4.70. The van der Waals surface area contributed by atoms with Gasteiger partial charge in [0, 0.05) is 12.6 Å². The lowest BCUT2D eigenvalue weighted by Crippen LogP contribution is -2.19. The second-order valence-corrected chi connectivity index (χ2v) is 6.06. The number of hydrogen-bond donors (Lipinski definition) is 2. The normalized spacial score (nSPS) is 13.1. The summed E-state index contributed by atoms with van der Waals surface area (Å²) in [6.07, 6.45) is 3.12. The second kappa shape index (κ2) is 5.85. The van der Waals surface area contributed by atoms with Gasteiger partial charge in [-0.2, -0.15) is 0 Å². The molecule has 0 fully saturated rings. The van der Waals surface area contributed by atoms with Gasteiger partial charge in [-0.1, -0.05) is 27.7 Å². The van der Waals surface area contributed by atoms with Gasteiger partial charge in [-0.05, 0) is 29.9 Å². The number of rotatable bonds is 4. The molecule has 1 unspecified atom stereocenters. The molecule has 1 amide bonds. The largest absolute Gasteiger partial charge is 0.396 e. The Morgan fingerprint density at radius 2 is 2.17 bits per heavy atom. The lowest BCUT2D eigenvalue weighted by Gasteiger charge is -2.22. The Morgan fingerprint density at radius 1 is 1.50 bits per heavy atom. The van der Waals surface area contributed by atoms with Crippen LogP contribution in [0.4, 0.5) is 11.5 Å². The smallest absolute Gasteiger partial charge is 0.225 e. The lowest BCUT2D eigenvalue weighted by molar-refractivity contribution is -0.117. The van der Waals surface area contributed by atoms with Gasteiger partial charge in [0.2, 0.25) is 5.91 Å². The van der Waals surface area contributed by atoms with Gasteiger partial charge in [-0.15, -0.1) is 0 Å². The fourth-order valence-corrected chi connectivity index (χ4v) is 2.14. The van der Waals surface area contributed by atoms with E-state index in [4.69, 9.17) is 5.73 Å². The summed E-state index contributed by atoms with van der Waals surface area (Å²) in [5, 5.41) is 2.75. The summed E-state index contributed by atoms with van der Waals surface area (Å²) in [6.45, 7) is 8.63. The maximum Gasteiger partial charge on any atom is 0.225 e. The summed E-state index contributed by atoms with van der Waals surface area (Å²) in [5.41, 5.74) is 6.46. The Morgan fingerprint density at radius 3 is 2.72 bits per heavy atom. The molecule has 0 aliphatic carbocycles. The van der Waals surface area contributed by atoms with E-state index in [1.54, 1.807) is 18.3 Å². The van der Waals surface area contributed by atoms with Crippen LogP contribution < -0.4 is 11.1 Å². The van der Waals surface area contributed by atoms with E-state index in [0.717, 1.165) is 6.42 Å². The van der Waals surface area contributed by atoms with Crippen LogP contribution >= 0.6 is 0 Å². The van der Waals surface area contributed by atoms with Gasteiger partial charge < -0.3 is 11.1 Å². The number of nitrogens with zero attached hydrogens (tertiary/aromatic N) is 1. The van der Waals surface area contributed by atoms with E-state index < -0.39 is 0 Å². The minimum absolute atomic E-state index is 0.0304. The van der Waals surface area contributed by atoms with E-state index in [9.17, 15) is 4.79 Å². The highest BCUT2D eigenvalue weighted by Gasteiger charge is 2.18. The Bertz CT molecular complexity index is 410. The molecular formula is C14H23N3O. The zero-order valence-corrected chi connectivity index (χ0v) is 11.7. The van der Waals surface area contributed by atoms with Crippen LogP contribution in [-0.2, 0) is 4.79 Å². The number of nitrogens with two attached hydrogens (primary N) is 1. The van der Waals surface area contributed by atoms with Crippen molar-refractivity contribution in [1.82, 2.24) is 4.98 Å². The van der Waals surface area contributed by atoms with Gasteiger partial charge in [0.1, 0.15) is 0 Å². The minimum Gasteiger partial charge on any atom is -0.396 e. The van der Waals surface area contributed by atoms with Crippen molar-refractivity contribution in [1.29, 1.82) is 0 Å². The maximum atomic E-state index is 11.9. The number of amides is 1. The maximum absolute atomic E-state index is 11.9. The number of hydrogen-bond acceptors (Lipinski definition) is 3. The summed E-state index contributed by atoms with van der Waals surface area (Å²) >= 11 is 0. The van der Waals surface area contributed by atoms with E-state index in [-0.39, 0.29) is 11.3 Å². The number of pyridine rings is 1. The fraction of sp³-hybridized carbons (Fsp3) is 0.571. The summed E-state index contributed by atoms with van der Waals surface area (Å²) in [7, 11) is 0. The van der Waals surface area contributed by atoms with Crippen LogP contribution in [0.1, 0.15) is 40.5 Å². The molecule has 4 nitrogen and oxygen atoms in total. The van der Waals surface area contributed by atoms with Crippen LogP contribution in [0.25, 0.3) is 0 Å². The second-order valence-electron chi connectivity index (χ2n) is 6.06. The SMILES string of the molecule is CC(CC(=O)Nc1ncccc1N)CC(C)(C)C. The van der Waals surface area contributed by atoms with Crippen molar-refractivity contribution in [3.63, 3.8) is 0 Å². The number of nitrogens with one attached hydrogen (secondary N) is 1. The number of carbonyl (C=O) groups excluding carboxylic acids is 1. The Balaban J connectivity index is 2.50. The molecule has 100 valence electrons. The average Bonchev–Trinajstić information content (AvgIpc) is 2.18. The van der Waals surface area contributed by atoms with Crippen molar-refractivity contribution in [2.45, 2.75) is 40.5 Å². The molecule has 0 spiro atoms. The molecule has 0 aliphatic heterocycles. The third-order valence-corrected chi connectivity index (χ3v) is 2.59. The van der Waals surface area contributed by atoms with Gasteiger partial charge in [0.25, 0.3) is 0 Å². The highest BCUT2D eigenvalue weighted by atomic mass is 16.1. The zero-order valence-electron chi connectivity index (χ0n) is 11.7. The Hall–Kier alpha value is -1.58. The summed E-state index contributed by atoms with van der Waals surface area (Å²) in [4.78, 5) is 15.9. The lowest BCUT2D eigenvalue weighted by atomic mass is 9.84. The molecule has 0 saturated heterocycles. The minimum atomic E-state index is -0.0304. The molecule has 1 rings (SSSR count). The molecule has 0 bridgehead atoms. The molecule has 0 aromatic carbocycles. The summed E-state index contributed by atoms with van der Waals surface area (Å²) < 4.78 is 0. The quantitative estimate of drug-likeness (QED) is 0.861. The standard InChI is InChI=1S/C14H23N3O/c1-10(9-14(2,3)4)8-12(18)17-13-11(15)6-5-7-16-13/h5-7,10H,8-9,15H2,1-4H3,(H,16,17,18). The topological polar surface area (TPSA) is 68.0 Å². The predicted octanol–water partition coefficient (Wildman–Crippen LogP) is 3.06. The van der Waals surface area contributed by atoms with Crippen molar-refractivity contribution < 1.29 is 4.79 Å². The van der Waals surface area contributed by atoms with Gasteiger partial charge in [0.15, 0.2) is 5.82 Å². The molecule has 1 heterocycles. The van der Waals surface area contributed by atoms with Gasteiger partial charge in [0.05, 0.1) is 5.69 Å². The summed E-state index contributed by atoms with van der Waals surface area (Å²) in [5.74, 6) is 0.762. The molecule has 18 heavy (non-hydrogen) atoms. The van der Waals surface area contributed by atoms with Crippen molar-refractivity contribution in [2.75, 3.05) is 11.1 Å².